The Morgan fingerprint density at radius 1 is 1.17 bits per heavy atom. The van der Waals surface area contributed by atoms with Crippen LogP contribution in [0.15, 0.2) is 24.8 Å². The summed E-state index contributed by atoms with van der Waals surface area (Å²) in [5, 5.41) is 0. The summed E-state index contributed by atoms with van der Waals surface area (Å²) in [6.07, 6.45) is 7.18. The molecule has 29 heavy (non-hydrogen) atoms. The second-order valence-electron chi connectivity index (χ2n) is 8.44. The molecule has 5 heteroatoms. The number of hydrogen-bond donors (Lipinski definition) is 0. The number of ether oxygens (including phenoxy) is 2. The first-order chi connectivity index (χ1) is 14.0. The molecule has 1 aromatic rings. The molecule has 0 N–H and O–H groups in total. The number of hydrogen-bond acceptors (Lipinski definition) is 2. The van der Waals surface area contributed by atoms with Gasteiger partial charge in [0.05, 0.1) is 24.9 Å². The second kappa shape index (κ2) is 10.5. The lowest BCUT2D eigenvalue weighted by molar-refractivity contribution is -0.0424. The Kier molecular flexibility index (Phi) is 8.05. The number of alkyl halides is 2. The van der Waals surface area contributed by atoms with E-state index in [9.17, 15) is 13.2 Å². The van der Waals surface area contributed by atoms with Crippen LogP contribution in [0.5, 0.6) is 5.75 Å². The van der Waals surface area contributed by atoms with Crippen LogP contribution in [0.3, 0.4) is 0 Å². The van der Waals surface area contributed by atoms with E-state index in [2.05, 4.69) is 6.58 Å². The van der Waals surface area contributed by atoms with Gasteiger partial charge in [-0.05, 0) is 68.4 Å². The molecular formula is C24H33F3O2. The van der Waals surface area contributed by atoms with Gasteiger partial charge >= 0.3 is 0 Å². The third-order valence-electron chi connectivity index (χ3n) is 6.58. The third-order valence-corrected chi connectivity index (χ3v) is 6.58. The van der Waals surface area contributed by atoms with E-state index in [4.69, 9.17) is 9.47 Å². The van der Waals surface area contributed by atoms with Crippen molar-refractivity contribution in [2.75, 3.05) is 13.2 Å². The van der Waals surface area contributed by atoms with Gasteiger partial charge in [-0.3, -0.25) is 0 Å². The Hall–Kier alpha value is -1.49. The first kappa shape index (κ1) is 22.2. The highest BCUT2D eigenvalue weighted by molar-refractivity contribution is 5.40. The van der Waals surface area contributed by atoms with Crippen LogP contribution in [0.2, 0.25) is 0 Å². The van der Waals surface area contributed by atoms with E-state index in [0.717, 1.165) is 51.4 Å². The zero-order valence-electron chi connectivity index (χ0n) is 17.3. The van der Waals surface area contributed by atoms with Crippen molar-refractivity contribution in [2.45, 2.75) is 76.7 Å². The van der Waals surface area contributed by atoms with Crippen LogP contribution >= 0.6 is 0 Å². The molecule has 1 aliphatic carbocycles. The Morgan fingerprint density at radius 3 is 2.52 bits per heavy atom. The molecule has 1 saturated heterocycles. The summed E-state index contributed by atoms with van der Waals surface area (Å²) in [5.41, 5.74) is -0.147. The van der Waals surface area contributed by atoms with Crippen molar-refractivity contribution >= 4 is 0 Å². The Balaban J connectivity index is 1.65. The van der Waals surface area contributed by atoms with Gasteiger partial charge in [-0.1, -0.05) is 25.5 Å². The van der Waals surface area contributed by atoms with Crippen molar-refractivity contribution in [3.8, 4) is 5.75 Å². The van der Waals surface area contributed by atoms with E-state index in [-0.39, 0.29) is 17.8 Å². The predicted molar refractivity (Wildman–Crippen MR) is 109 cm³/mol. The van der Waals surface area contributed by atoms with Crippen LogP contribution < -0.4 is 4.74 Å². The summed E-state index contributed by atoms with van der Waals surface area (Å²) in [7, 11) is 0. The van der Waals surface area contributed by atoms with Crippen molar-refractivity contribution in [1.29, 1.82) is 0 Å². The summed E-state index contributed by atoms with van der Waals surface area (Å²) in [6.45, 7) is 6.59. The van der Waals surface area contributed by atoms with E-state index in [1.54, 1.807) is 6.07 Å². The molecular weight excluding hydrogens is 377 g/mol. The fourth-order valence-corrected chi connectivity index (χ4v) is 4.74. The lowest BCUT2D eigenvalue weighted by Crippen LogP contribution is -2.33. The van der Waals surface area contributed by atoms with Gasteiger partial charge in [-0.15, -0.1) is 6.58 Å². The number of unbranched alkanes of at least 4 members (excludes halogenated alkanes) is 1. The lowest BCUT2D eigenvalue weighted by atomic mass is 9.76. The van der Waals surface area contributed by atoms with Crippen LogP contribution in [0.1, 0.15) is 81.8 Å². The van der Waals surface area contributed by atoms with E-state index in [1.165, 1.54) is 6.07 Å². The van der Waals surface area contributed by atoms with E-state index in [0.29, 0.717) is 30.6 Å². The van der Waals surface area contributed by atoms with Gasteiger partial charge in [0.15, 0.2) is 11.6 Å². The van der Waals surface area contributed by atoms with Crippen molar-refractivity contribution in [2.24, 2.45) is 11.8 Å². The molecule has 0 aromatic heterocycles. The Bertz CT molecular complexity index is 660. The molecule has 0 radical (unpaired) electrons. The fourth-order valence-electron chi connectivity index (χ4n) is 4.74. The molecule has 1 saturated carbocycles. The highest BCUT2D eigenvalue weighted by Crippen LogP contribution is 2.41. The molecule has 2 unspecified atom stereocenters. The Morgan fingerprint density at radius 2 is 1.93 bits per heavy atom. The molecule has 2 fully saturated rings. The third kappa shape index (κ3) is 5.36. The van der Waals surface area contributed by atoms with Crippen molar-refractivity contribution in [1.82, 2.24) is 0 Å². The monoisotopic (exact) mass is 410 g/mol. The molecule has 2 atom stereocenters. The average Bonchev–Trinajstić information content (AvgIpc) is 2.75. The van der Waals surface area contributed by atoms with E-state index in [1.807, 2.05) is 13.0 Å². The van der Waals surface area contributed by atoms with Crippen LogP contribution in [0.25, 0.3) is 0 Å². The van der Waals surface area contributed by atoms with Gasteiger partial charge in [0.2, 0.25) is 0 Å². The second-order valence-corrected chi connectivity index (χ2v) is 8.44. The van der Waals surface area contributed by atoms with Gasteiger partial charge in [-0.2, -0.15) is 0 Å². The van der Waals surface area contributed by atoms with E-state index >= 15 is 0 Å². The number of allylic oxidation sites excluding steroid dienone is 1. The topological polar surface area (TPSA) is 18.5 Å². The maximum atomic E-state index is 14.7. The van der Waals surface area contributed by atoms with Gasteiger partial charge in [0.1, 0.15) is 0 Å². The summed E-state index contributed by atoms with van der Waals surface area (Å²) in [5.74, 6) is -0.0477. The first-order valence-electron chi connectivity index (χ1n) is 11.0. The van der Waals surface area contributed by atoms with Crippen molar-refractivity contribution in [3.05, 3.63) is 41.7 Å². The van der Waals surface area contributed by atoms with Crippen LogP contribution in [-0.2, 0) is 4.74 Å². The standard InChI is InChI=1S/C24H33F3O2/c1-3-5-14-28-21-13-11-19(22(23(21)25)24(26)27)18-10-12-20(29-15-18)17-8-6-16(4-2)7-9-17/h4,11,13,16-18,20,24H,2-3,5-10,12,14-15H2,1H3. The molecule has 1 heterocycles. The van der Waals surface area contributed by atoms with Crippen LogP contribution in [0.4, 0.5) is 13.2 Å². The average molecular weight is 411 g/mol. The number of benzene rings is 1. The molecule has 2 aliphatic rings. The fraction of sp³-hybridized carbons (Fsp3) is 0.667. The SMILES string of the molecule is C=CC1CCC(C2CCC(c3ccc(OCCCC)c(F)c3C(F)F)CO2)CC1. The molecule has 3 rings (SSSR count). The van der Waals surface area contributed by atoms with Gasteiger partial charge in [-0.25, -0.2) is 13.2 Å². The highest BCUT2D eigenvalue weighted by atomic mass is 19.3. The highest BCUT2D eigenvalue weighted by Gasteiger charge is 2.34. The summed E-state index contributed by atoms with van der Waals surface area (Å²) >= 11 is 0. The molecule has 0 spiro atoms. The summed E-state index contributed by atoms with van der Waals surface area (Å²) in [6, 6.07) is 3.10. The minimum Gasteiger partial charge on any atom is -0.491 e. The zero-order valence-corrected chi connectivity index (χ0v) is 17.3. The van der Waals surface area contributed by atoms with Crippen molar-refractivity contribution in [3.63, 3.8) is 0 Å². The molecule has 162 valence electrons. The summed E-state index contributed by atoms with van der Waals surface area (Å²) in [4.78, 5) is 0. The van der Waals surface area contributed by atoms with Crippen molar-refractivity contribution < 1.29 is 22.6 Å². The normalized spacial score (nSPS) is 27.8. The molecule has 0 bridgehead atoms. The molecule has 1 aromatic carbocycles. The Labute approximate surface area is 172 Å². The quantitative estimate of drug-likeness (QED) is 0.333. The maximum absolute atomic E-state index is 14.7. The number of rotatable bonds is 8. The largest absolute Gasteiger partial charge is 0.491 e. The number of halogens is 3. The van der Waals surface area contributed by atoms with Gasteiger partial charge in [0, 0.05) is 5.92 Å². The van der Waals surface area contributed by atoms with Gasteiger partial charge < -0.3 is 9.47 Å². The minimum absolute atomic E-state index is 0.0777. The molecule has 1 aliphatic heterocycles. The minimum atomic E-state index is -2.87. The van der Waals surface area contributed by atoms with Gasteiger partial charge in [0.25, 0.3) is 6.43 Å². The lowest BCUT2D eigenvalue weighted by Gasteiger charge is -2.37. The molecule has 0 amide bonds. The first-order valence-corrected chi connectivity index (χ1v) is 11.0. The van der Waals surface area contributed by atoms with Crippen LogP contribution in [-0.4, -0.2) is 19.3 Å². The smallest absolute Gasteiger partial charge is 0.267 e. The van der Waals surface area contributed by atoms with Crippen LogP contribution in [0, 0.1) is 17.7 Å². The zero-order chi connectivity index (χ0) is 20.8. The summed E-state index contributed by atoms with van der Waals surface area (Å²) < 4.78 is 53.7. The predicted octanol–water partition coefficient (Wildman–Crippen LogP) is 7.20. The molecule has 2 nitrogen and oxygen atoms in total. The van der Waals surface area contributed by atoms with E-state index < -0.39 is 17.8 Å². The maximum Gasteiger partial charge on any atom is 0.267 e.